The van der Waals surface area contributed by atoms with E-state index < -0.39 is 6.10 Å². The Balaban J connectivity index is 1.76. The van der Waals surface area contributed by atoms with Gasteiger partial charge in [-0.2, -0.15) is 0 Å². The molecule has 25 heavy (non-hydrogen) atoms. The summed E-state index contributed by atoms with van der Waals surface area (Å²) in [5.74, 6) is -0.0905. The first-order valence-corrected chi connectivity index (χ1v) is 8.32. The summed E-state index contributed by atoms with van der Waals surface area (Å²) in [6, 6.07) is 13.0. The number of benzene rings is 1. The molecule has 0 radical (unpaired) electrons. The van der Waals surface area contributed by atoms with E-state index in [4.69, 9.17) is 4.42 Å². The molecule has 2 amide bonds. The third-order valence-corrected chi connectivity index (χ3v) is 4.48. The smallest absolute Gasteiger partial charge is 0.228 e. The van der Waals surface area contributed by atoms with Gasteiger partial charge in [0.15, 0.2) is 0 Å². The molecule has 1 aliphatic rings. The molecule has 6 heteroatoms. The topological polar surface area (TPSA) is 74.0 Å². The lowest BCUT2D eigenvalue weighted by atomic mass is 10.1. The maximum absolute atomic E-state index is 13.0. The highest BCUT2D eigenvalue weighted by atomic mass is 16.4. The first kappa shape index (κ1) is 17.2. The maximum Gasteiger partial charge on any atom is 0.228 e. The first-order valence-electron chi connectivity index (χ1n) is 8.32. The largest absolute Gasteiger partial charge is 0.467 e. The van der Waals surface area contributed by atoms with Crippen molar-refractivity contribution in [3.8, 4) is 0 Å². The van der Waals surface area contributed by atoms with Gasteiger partial charge in [-0.1, -0.05) is 30.3 Å². The van der Waals surface area contributed by atoms with Gasteiger partial charge in [-0.3, -0.25) is 9.59 Å². The molecule has 0 spiro atoms. The lowest BCUT2D eigenvalue weighted by molar-refractivity contribution is -0.138. The average Bonchev–Trinajstić information content (AvgIpc) is 3.25. The number of nitrogens with zero attached hydrogens (tertiary/aromatic N) is 2. The number of hydrogen-bond donors (Lipinski definition) is 1. The lowest BCUT2D eigenvalue weighted by Gasteiger charge is -2.27. The van der Waals surface area contributed by atoms with Crippen molar-refractivity contribution < 1.29 is 19.1 Å². The fraction of sp³-hybridized carbons (Fsp3) is 0.368. The molecule has 1 aliphatic heterocycles. The van der Waals surface area contributed by atoms with Crippen LogP contribution in [0.5, 0.6) is 0 Å². The van der Waals surface area contributed by atoms with Crippen molar-refractivity contribution in [1.82, 2.24) is 9.80 Å². The van der Waals surface area contributed by atoms with Gasteiger partial charge in [0.05, 0.1) is 18.7 Å². The highest BCUT2D eigenvalue weighted by Crippen LogP contribution is 2.22. The van der Waals surface area contributed by atoms with E-state index in [-0.39, 0.29) is 30.7 Å². The monoisotopic (exact) mass is 342 g/mol. The molecule has 2 heterocycles. The molecule has 2 atom stereocenters. The van der Waals surface area contributed by atoms with Gasteiger partial charge in [-0.15, -0.1) is 0 Å². The van der Waals surface area contributed by atoms with Gasteiger partial charge in [0.2, 0.25) is 11.8 Å². The van der Waals surface area contributed by atoms with Gasteiger partial charge in [0.1, 0.15) is 11.9 Å². The minimum absolute atomic E-state index is 0.0235. The van der Waals surface area contributed by atoms with Crippen LogP contribution in [-0.2, 0) is 16.1 Å². The molecule has 1 N–H and O–H groups in total. The fourth-order valence-corrected chi connectivity index (χ4v) is 3.10. The van der Waals surface area contributed by atoms with Gasteiger partial charge in [0.25, 0.3) is 0 Å². The zero-order chi connectivity index (χ0) is 17.8. The summed E-state index contributed by atoms with van der Waals surface area (Å²) in [5.41, 5.74) is 0.972. The third-order valence-electron chi connectivity index (χ3n) is 4.48. The molecule has 0 unspecified atom stereocenters. The molecular weight excluding hydrogens is 320 g/mol. The van der Waals surface area contributed by atoms with E-state index >= 15 is 0 Å². The first-order chi connectivity index (χ1) is 12.0. The highest BCUT2D eigenvalue weighted by Gasteiger charge is 2.35. The van der Waals surface area contributed by atoms with Crippen molar-refractivity contribution in [2.75, 3.05) is 20.1 Å². The summed E-state index contributed by atoms with van der Waals surface area (Å²) >= 11 is 0. The van der Waals surface area contributed by atoms with Crippen LogP contribution in [0.4, 0.5) is 0 Å². The minimum atomic E-state index is -0.905. The number of aliphatic hydroxyl groups is 1. The van der Waals surface area contributed by atoms with E-state index in [1.165, 1.54) is 6.26 Å². The number of carbonyl (C=O) groups excluding carboxylic acids is 2. The van der Waals surface area contributed by atoms with E-state index in [2.05, 4.69) is 0 Å². The molecule has 0 bridgehead atoms. The molecule has 1 saturated heterocycles. The summed E-state index contributed by atoms with van der Waals surface area (Å²) in [5, 5.41) is 10.4. The van der Waals surface area contributed by atoms with Crippen molar-refractivity contribution in [2.45, 2.75) is 19.1 Å². The number of rotatable bonds is 6. The lowest BCUT2D eigenvalue weighted by Crippen LogP contribution is -2.39. The van der Waals surface area contributed by atoms with Crippen LogP contribution >= 0.6 is 0 Å². The van der Waals surface area contributed by atoms with E-state index in [0.29, 0.717) is 18.8 Å². The van der Waals surface area contributed by atoms with Gasteiger partial charge in [-0.25, -0.2) is 0 Å². The SMILES string of the molecule is CN1C[C@H](C(=O)N(Cc2ccccc2)C[C@@H](O)c2ccco2)CC1=O. The normalized spacial score (nSPS) is 18.4. The van der Waals surface area contributed by atoms with Crippen LogP contribution in [0.25, 0.3) is 0 Å². The number of likely N-dealkylation sites (tertiary alicyclic amines) is 1. The Morgan fingerprint density at radius 1 is 1.32 bits per heavy atom. The van der Waals surface area contributed by atoms with E-state index in [0.717, 1.165) is 5.56 Å². The van der Waals surface area contributed by atoms with Crippen molar-refractivity contribution >= 4 is 11.8 Å². The number of carbonyl (C=O) groups is 2. The molecule has 6 nitrogen and oxygen atoms in total. The van der Waals surface area contributed by atoms with Crippen LogP contribution in [0.1, 0.15) is 23.8 Å². The third kappa shape index (κ3) is 4.09. The fourth-order valence-electron chi connectivity index (χ4n) is 3.10. The molecule has 1 aromatic heterocycles. The van der Waals surface area contributed by atoms with Gasteiger partial charge >= 0.3 is 0 Å². The quantitative estimate of drug-likeness (QED) is 0.869. The van der Waals surface area contributed by atoms with Gasteiger partial charge in [0, 0.05) is 26.6 Å². The summed E-state index contributed by atoms with van der Waals surface area (Å²) < 4.78 is 5.24. The molecule has 3 rings (SSSR count). The Morgan fingerprint density at radius 2 is 2.08 bits per heavy atom. The van der Waals surface area contributed by atoms with Gasteiger partial charge in [-0.05, 0) is 17.7 Å². The van der Waals surface area contributed by atoms with Crippen molar-refractivity contribution in [3.05, 3.63) is 60.1 Å². The summed E-state index contributed by atoms with van der Waals surface area (Å²) in [6.45, 7) is 0.918. The summed E-state index contributed by atoms with van der Waals surface area (Å²) in [7, 11) is 1.70. The van der Waals surface area contributed by atoms with Crippen LogP contribution in [0, 0.1) is 5.92 Å². The number of amides is 2. The van der Waals surface area contributed by atoms with Crippen molar-refractivity contribution in [1.29, 1.82) is 0 Å². The summed E-state index contributed by atoms with van der Waals surface area (Å²) in [6.07, 6.45) is 0.807. The Kier molecular flexibility index (Phi) is 5.19. The maximum atomic E-state index is 13.0. The Morgan fingerprint density at radius 3 is 2.68 bits per heavy atom. The van der Waals surface area contributed by atoms with E-state index in [9.17, 15) is 14.7 Å². The molecule has 1 fully saturated rings. The standard InChI is InChI=1S/C19H22N2O4/c1-20-12-15(10-18(20)23)19(24)21(11-14-6-3-2-4-7-14)13-16(22)17-8-5-9-25-17/h2-9,15-16,22H,10-13H2,1H3/t15-,16-/m1/s1. The molecule has 132 valence electrons. The predicted molar refractivity (Wildman–Crippen MR) is 91.3 cm³/mol. The second-order valence-electron chi connectivity index (χ2n) is 6.41. The minimum Gasteiger partial charge on any atom is -0.467 e. The molecular formula is C19H22N2O4. The van der Waals surface area contributed by atoms with Crippen LogP contribution in [-0.4, -0.2) is 46.9 Å². The van der Waals surface area contributed by atoms with Crippen LogP contribution in [0.2, 0.25) is 0 Å². The Bertz CT molecular complexity index is 714. The Hall–Kier alpha value is -2.60. The van der Waals surface area contributed by atoms with Crippen molar-refractivity contribution in [2.24, 2.45) is 5.92 Å². The second kappa shape index (κ2) is 7.53. The number of hydrogen-bond acceptors (Lipinski definition) is 4. The molecule has 1 aromatic carbocycles. The zero-order valence-electron chi connectivity index (χ0n) is 14.2. The van der Waals surface area contributed by atoms with E-state index in [1.54, 1.807) is 29.0 Å². The van der Waals surface area contributed by atoms with Gasteiger partial charge < -0.3 is 19.3 Å². The second-order valence-corrected chi connectivity index (χ2v) is 6.41. The molecule has 0 saturated carbocycles. The average molecular weight is 342 g/mol. The summed E-state index contributed by atoms with van der Waals surface area (Å²) in [4.78, 5) is 27.9. The highest BCUT2D eigenvalue weighted by molar-refractivity contribution is 5.89. The number of furan rings is 1. The van der Waals surface area contributed by atoms with E-state index in [1.807, 2.05) is 30.3 Å². The molecule has 2 aromatic rings. The zero-order valence-corrected chi connectivity index (χ0v) is 14.2. The number of aliphatic hydroxyl groups excluding tert-OH is 1. The van der Waals surface area contributed by atoms with Crippen LogP contribution in [0.3, 0.4) is 0 Å². The Labute approximate surface area is 146 Å². The van der Waals surface area contributed by atoms with Crippen LogP contribution in [0.15, 0.2) is 53.1 Å². The predicted octanol–water partition coefficient (Wildman–Crippen LogP) is 1.82. The van der Waals surface area contributed by atoms with Crippen LogP contribution < -0.4 is 0 Å². The van der Waals surface area contributed by atoms with Crippen molar-refractivity contribution in [3.63, 3.8) is 0 Å². The molecule has 0 aliphatic carbocycles.